The molecule has 2 N–H and O–H groups in total. The minimum Gasteiger partial charge on any atom is -0.494 e. The maximum atomic E-state index is 15.6. The fourth-order valence-corrected chi connectivity index (χ4v) is 6.38. The van der Waals surface area contributed by atoms with Crippen LogP contribution < -0.4 is 19.5 Å². The number of benzene rings is 3. The largest absolute Gasteiger partial charge is 0.494 e. The molecular weight excluding hydrogens is 582 g/mol. The molecule has 3 aromatic carbocycles. The molecule has 2 heterocycles. The van der Waals surface area contributed by atoms with Gasteiger partial charge < -0.3 is 24.6 Å². The lowest BCUT2D eigenvalue weighted by Crippen LogP contribution is -2.36. The number of amides is 1. The number of nitrogens with one attached hydrogen (secondary N) is 1. The standard InChI is InChI=1S/C32H33ClF2N2O6/c1-4-17-9-20(33)10-18(5-2)29(17)36-27(38)15-37-14-23(19-11-25(35)31-26(12-19)42-16-43-31)28(32(39)40)30(37)22-8-7-21(41-6-3)13-24(22)34/h7-13,23,28,30H,4-6,14-16H2,1-3H3,(H,36,38)(H,39,40)/t23-,28?,30+/m1/s1. The monoisotopic (exact) mass is 614 g/mol. The highest BCUT2D eigenvalue weighted by molar-refractivity contribution is 6.30. The number of nitrogens with zero attached hydrogens (tertiary/aromatic N) is 1. The molecule has 3 aromatic rings. The molecule has 0 saturated carbocycles. The second-order valence-electron chi connectivity index (χ2n) is 10.6. The smallest absolute Gasteiger partial charge is 0.309 e. The number of carbonyl (C=O) groups excluding carboxylic acids is 1. The molecule has 5 rings (SSSR count). The number of carbonyl (C=O) groups is 2. The van der Waals surface area contributed by atoms with Gasteiger partial charge in [0.15, 0.2) is 11.6 Å². The summed E-state index contributed by atoms with van der Waals surface area (Å²) in [5.74, 6) is -4.53. The second-order valence-corrected chi connectivity index (χ2v) is 11.0. The van der Waals surface area contributed by atoms with Crippen LogP contribution in [-0.2, 0) is 22.4 Å². The predicted molar refractivity (Wildman–Crippen MR) is 157 cm³/mol. The molecule has 0 radical (unpaired) electrons. The first kappa shape index (κ1) is 30.6. The van der Waals surface area contributed by atoms with Crippen molar-refractivity contribution in [2.45, 2.75) is 45.6 Å². The third-order valence-corrected chi connectivity index (χ3v) is 8.22. The third-order valence-electron chi connectivity index (χ3n) is 8.00. The van der Waals surface area contributed by atoms with Crippen molar-refractivity contribution < 1.29 is 37.7 Å². The van der Waals surface area contributed by atoms with Crippen LogP contribution in [0.5, 0.6) is 17.2 Å². The highest BCUT2D eigenvalue weighted by Crippen LogP contribution is 2.49. The summed E-state index contributed by atoms with van der Waals surface area (Å²) in [5, 5.41) is 14.0. The SMILES string of the molecule is CCOc1ccc([C@H]2C(C(=O)O)[C@@H](c3cc(F)c4c(c3)OCO4)CN2CC(=O)Nc2c(CC)cc(Cl)cc2CC)c(F)c1. The number of aliphatic carboxylic acids is 1. The number of halogens is 3. The van der Waals surface area contributed by atoms with Crippen LogP contribution in [0.3, 0.4) is 0 Å². The first-order valence-corrected chi connectivity index (χ1v) is 14.6. The Morgan fingerprint density at radius 1 is 1.05 bits per heavy atom. The predicted octanol–water partition coefficient (Wildman–Crippen LogP) is 6.35. The van der Waals surface area contributed by atoms with Crippen LogP contribution in [0.1, 0.15) is 55.0 Å². The van der Waals surface area contributed by atoms with Gasteiger partial charge in [0, 0.05) is 34.8 Å². The summed E-state index contributed by atoms with van der Waals surface area (Å²) in [6.45, 7) is 5.67. The third kappa shape index (κ3) is 6.12. The van der Waals surface area contributed by atoms with Gasteiger partial charge in [0.2, 0.25) is 18.4 Å². The molecule has 11 heteroatoms. The van der Waals surface area contributed by atoms with Gasteiger partial charge in [-0.05, 0) is 66.8 Å². The molecule has 0 aromatic heterocycles. The number of carboxylic acids is 1. The Hall–Kier alpha value is -3.89. The number of ether oxygens (including phenoxy) is 3. The summed E-state index contributed by atoms with van der Waals surface area (Å²) in [5.41, 5.74) is 2.84. The molecule has 2 aliphatic heterocycles. The van der Waals surface area contributed by atoms with Crippen LogP contribution >= 0.6 is 11.6 Å². The van der Waals surface area contributed by atoms with Crippen molar-refractivity contribution in [2.24, 2.45) is 5.92 Å². The van der Waals surface area contributed by atoms with E-state index in [4.69, 9.17) is 25.8 Å². The normalized spacial score (nSPS) is 19.4. The summed E-state index contributed by atoms with van der Waals surface area (Å²) in [7, 11) is 0. The van der Waals surface area contributed by atoms with Gasteiger partial charge in [-0.15, -0.1) is 0 Å². The topological polar surface area (TPSA) is 97.3 Å². The molecule has 0 bridgehead atoms. The van der Waals surface area contributed by atoms with Gasteiger partial charge in [0.1, 0.15) is 11.6 Å². The van der Waals surface area contributed by atoms with Crippen LogP contribution in [0, 0.1) is 17.6 Å². The molecular formula is C32H33ClF2N2O6. The number of fused-ring (bicyclic) bond motifs is 1. The minimum absolute atomic E-state index is 0.0413. The lowest BCUT2D eigenvalue weighted by atomic mass is 9.82. The van der Waals surface area contributed by atoms with Crippen LogP contribution in [0.2, 0.25) is 5.02 Å². The Morgan fingerprint density at radius 3 is 2.40 bits per heavy atom. The second kappa shape index (κ2) is 12.8. The fourth-order valence-electron chi connectivity index (χ4n) is 6.11. The number of hydrogen-bond donors (Lipinski definition) is 2. The molecule has 0 aliphatic carbocycles. The number of hydrogen-bond acceptors (Lipinski definition) is 6. The van der Waals surface area contributed by atoms with Gasteiger partial charge in [0.05, 0.1) is 25.1 Å². The number of rotatable bonds is 10. The van der Waals surface area contributed by atoms with Crippen molar-refractivity contribution in [2.75, 3.05) is 31.8 Å². The van der Waals surface area contributed by atoms with Crippen molar-refractivity contribution >= 4 is 29.2 Å². The van der Waals surface area contributed by atoms with Crippen LogP contribution in [-0.4, -0.2) is 48.4 Å². The van der Waals surface area contributed by atoms with Crippen LogP contribution in [0.4, 0.5) is 14.5 Å². The van der Waals surface area contributed by atoms with E-state index in [1.54, 1.807) is 36.1 Å². The van der Waals surface area contributed by atoms with Crippen LogP contribution in [0.15, 0.2) is 42.5 Å². The van der Waals surface area contributed by atoms with Gasteiger partial charge in [-0.25, -0.2) is 8.78 Å². The van der Waals surface area contributed by atoms with E-state index in [1.165, 1.54) is 18.2 Å². The molecule has 228 valence electrons. The van der Waals surface area contributed by atoms with Crippen molar-refractivity contribution in [3.8, 4) is 17.2 Å². The first-order valence-electron chi connectivity index (χ1n) is 14.2. The highest BCUT2D eigenvalue weighted by Gasteiger charge is 2.49. The van der Waals surface area contributed by atoms with Crippen molar-refractivity contribution in [3.63, 3.8) is 0 Å². The van der Waals surface area contributed by atoms with E-state index in [1.807, 2.05) is 13.8 Å². The average molecular weight is 615 g/mol. The zero-order chi connectivity index (χ0) is 30.8. The lowest BCUT2D eigenvalue weighted by Gasteiger charge is -2.27. The minimum atomic E-state index is -1.21. The molecule has 1 saturated heterocycles. The van der Waals surface area contributed by atoms with Crippen molar-refractivity contribution in [1.29, 1.82) is 0 Å². The molecule has 0 spiro atoms. The van der Waals surface area contributed by atoms with Crippen molar-refractivity contribution in [1.82, 2.24) is 4.90 Å². The van der Waals surface area contributed by atoms with E-state index in [2.05, 4.69) is 5.32 Å². The van der Waals surface area contributed by atoms with E-state index in [0.29, 0.717) is 41.5 Å². The van der Waals surface area contributed by atoms with E-state index >= 15 is 4.39 Å². The van der Waals surface area contributed by atoms with E-state index in [9.17, 15) is 19.1 Å². The zero-order valence-corrected chi connectivity index (χ0v) is 24.8. The molecule has 43 heavy (non-hydrogen) atoms. The molecule has 1 amide bonds. The summed E-state index contributed by atoms with van der Waals surface area (Å²) in [6, 6.07) is 9.59. The number of anilines is 1. The average Bonchev–Trinajstić information content (AvgIpc) is 3.59. The molecule has 1 unspecified atom stereocenters. The summed E-state index contributed by atoms with van der Waals surface area (Å²) in [4.78, 5) is 28.1. The number of carboxylic acid groups (broad SMARTS) is 1. The Kier molecular flexibility index (Phi) is 9.08. The molecule has 2 aliphatic rings. The Morgan fingerprint density at radius 2 is 1.77 bits per heavy atom. The Balaban J connectivity index is 1.54. The fraction of sp³-hybridized carbons (Fsp3) is 0.375. The van der Waals surface area contributed by atoms with E-state index < -0.39 is 41.4 Å². The summed E-state index contributed by atoms with van der Waals surface area (Å²) < 4.78 is 46.6. The lowest BCUT2D eigenvalue weighted by molar-refractivity contribution is -0.143. The summed E-state index contributed by atoms with van der Waals surface area (Å²) in [6.07, 6.45) is 1.26. The van der Waals surface area contributed by atoms with Gasteiger partial charge in [-0.1, -0.05) is 31.5 Å². The van der Waals surface area contributed by atoms with Gasteiger partial charge in [-0.3, -0.25) is 14.5 Å². The first-order chi connectivity index (χ1) is 20.6. The molecule has 3 atom stereocenters. The highest BCUT2D eigenvalue weighted by atomic mass is 35.5. The van der Waals surface area contributed by atoms with E-state index in [0.717, 1.165) is 11.1 Å². The summed E-state index contributed by atoms with van der Waals surface area (Å²) >= 11 is 6.29. The van der Waals surface area contributed by atoms with Gasteiger partial charge in [-0.2, -0.15) is 0 Å². The van der Waals surface area contributed by atoms with Crippen LogP contribution in [0.25, 0.3) is 0 Å². The zero-order valence-electron chi connectivity index (χ0n) is 24.1. The van der Waals surface area contributed by atoms with Crippen molar-refractivity contribution in [3.05, 3.63) is 81.4 Å². The molecule has 1 fully saturated rings. The maximum absolute atomic E-state index is 15.6. The van der Waals surface area contributed by atoms with E-state index in [-0.39, 0.29) is 36.9 Å². The van der Waals surface area contributed by atoms with Gasteiger partial charge in [0.25, 0.3) is 0 Å². The Bertz CT molecular complexity index is 1530. The Labute approximate surface area is 253 Å². The number of likely N-dealkylation sites (tertiary alicyclic amines) is 1. The van der Waals surface area contributed by atoms with Gasteiger partial charge >= 0.3 is 5.97 Å². The quantitative estimate of drug-likeness (QED) is 0.275. The molecule has 8 nitrogen and oxygen atoms in total. The number of aryl methyl sites for hydroxylation is 2. The maximum Gasteiger partial charge on any atom is 0.309 e.